The van der Waals surface area contributed by atoms with Crippen LogP contribution in [-0.4, -0.2) is 31.1 Å². The van der Waals surface area contributed by atoms with Gasteiger partial charge in [-0.3, -0.25) is 4.90 Å². The van der Waals surface area contributed by atoms with Gasteiger partial charge in [0.25, 0.3) is 0 Å². The molecule has 118 valence electrons. The van der Waals surface area contributed by atoms with Gasteiger partial charge in [0.1, 0.15) is 5.82 Å². The van der Waals surface area contributed by atoms with Crippen molar-refractivity contribution in [3.05, 3.63) is 34.6 Å². The summed E-state index contributed by atoms with van der Waals surface area (Å²) in [5, 5.41) is 3.86. The molecule has 1 aliphatic heterocycles. The number of benzene rings is 1. The van der Waals surface area contributed by atoms with Gasteiger partial charge < -0.3 is 5.32 Å². The molecule has 5 heteroatoms. The van der Waals surface area contributed by atoms with E-state index >= 15 is 0 Å². The van der Waals surface area contributed by atoms with E-state index in [4.69, 9.17) is 11.6 Å². The van der Waals surface area contributed by atoms with Crippen molar-refractivity contribution in [1.29, 1.82) is 0 Å². The lowest BCUT2D eigenvalue weighted by atomic mass is 9.89. The number of nitrogens with zero attached hydrogens (tertiary/aromatic N) is 1. The molecule has 0 radical (unpaired) electrons. The molecular formula is C16H23Cl2FN2. The average Bonchev–Trinajstić information content (AvgIpc) is 2.97. The Hall–Kier alpha value is -0.350. The second-order valence-corrected chi connectivity index (χ2v) is 6.38. The Kier molecular flexibility index (Phi) is 6.30. The zero-order chi connectivity index (χ0) is 13.9. The number of hydrogen-bond acceptors (Lipinski definition) is 2. The van der Waals surface area contributed by atoms with Crippen LogP contribution in [0.4, 0.5) is 4.39 Å². The van der Waals surface area contributed by atoms with Gasteiger partial charge in [-0.15, -0.1) is 12.4 Å². The quantitative estimate of drug-likeness (QED) is 0.898. The summed E-state index contributed by atoms with van der Waals surface area (Å²) in [6.07, 6.45) is 5.00. The lowest BCUT2D eigenvalue weighted by Crippen LogP contribution is -2.46. The van der Waals surface area contributed by atoms with E-state index in [-0.39, 0.29) is 24.3 Å². The van der Waals surface area contributed by atoms with Gasteiger partial charge in [-0.2, -0.15) is 0 Å². The Bertz CT molecular complexity index is 458. The normalized spacial score (nSPS) is 22.0. The number of piperazine rings is 1. The molecule has 0 amide bonds. The number of halogens is 3. The van der Waals surface area contributed by atoms with Gasteiger partial charge in [0.15, 0.2) is 0 Å². The van der Waals surface area contributed by atoms with Crippen molar-refractivity contribution in [2.75, 3.05) is 26.2 Å². The third-order valence-corrected chi connectivity index (χ3v) is 4.91. The molecule has 1 heterocycles. The summed E-state index contributed by atoms with van der Waals surface area (Å²) in [6, 6.07) is 5.39. The molecule has 2 fully saturated rings. The minimum atomic E-state index is -0.145. The highest BCUT2D eigenvalue weighted by molar-refractivity contribution is 6.30. The first-order chi connectivity index (χ1) is 9.75. The third kappa shape index (κ3) is 3.89. The molecule has 2 nitrogen and oxygen atoms in total. The maximum Gasteiger partial charge on any atom is 0.129 e. The lowest BCUT2D eigenvalue weighted by molar-refractivity contribution is 0.122. The van der Waals surface area contributed by atoms with Crippen LogP contribution >= 0.6 is 24.0 Å². The highest BCUT2D eigenvalue weighted by atomic mass is 35.5. The van der Waals surface area contributed by atoms with Gasteiger partial charge in [-0.1, -0.05) is 30.5 Å². The second kappa shape index (κ2) is 7.77. The van der Waals surface area contributed by atoms with Crippen molar-refractivity contribution in [2.24, 2.45) is 5.92 Å². The van der Waals surface area contributed by atoms with E-state index in [0.29, 0.717) is 10.9 Å². The lowest BCUT2D eigenvalue weighted by Gasteiger charge is -2.38. The molecule has 0 spiro atoms. The van der Waals surface area contributed by atoms with Crippen molar-refractivity contribution >= 4 is 24.0 Å². The minimum absolute atomic E-state index is 0. The summed E-state index contributed by atoms with van der Waals surface area (Å²) in [5.41, 5.74) is 0.836. The van der Waals surface area contributed by atoms with Crippen LogP contribution in [0.15, 0.2) is 18.2 Å². The summed E-state index contributed by atoms with van der Waals surface area (Å²) >= 11 is 5.90. The van der Waals surface area contributed by atoms with Gasteiger partial charge in [0, 0.05) is 42.8 Å². The smallest absolute Gasteiger partial charge is 0.129 e. The van der Waals surface area contributed by atoms with Crippen molar-refractivity contribution < 1.29 is 4.39 Å². The van der Waals surface area contributed by atoms with Crippen molar-refractivity contribution in [2.45, 2.75) is 31.7 Å². The van der Waals surface area contributed by atoms with Crippen LogP contribution < -0.4 is 5.32 Å². The molecule has 1 atom stereocenters. The van der Waals surface area contributed by atoms with Crippen LogP contribution in [0.25, 0.3) is 0 Å². The fraction of sp³-hybridized carbons (Fsp3) is 0.625. The molecule has 3 rings (SSSR count). The fourth-order valence-electron chi connectivity index (χ4n) is 3.72. The molecular weight excluding hydrogens is 310 g/mol. The zero-order valence-corrected chi connectivity index (χ0v) is 13.7. The van der Waals surface area contributed by atoms with Crippen LogP contribution in [0.5, 0.6) is 0 Å². The van der Waals surface area contributed by atoms with Crippen molar-refractivity contribution in [3.63, 3.8) is 0 Å². The molecule has 0 unspecified atom stereocenters. The van der Waals surface area contributed by atoms with Gasteiger partial charge in [0.2, 0.25) is 0 Å². The topological polar surface area (TPSA) is 15.3 Å². The Morgan fingerprint density at radius 1 is 1.19 bits per heavy atom. The maximum absolute atomic E-state index is 14.4. The van der Waals surface area contributed by atoms with Gasteiger partial charge in [0.05, 0.1) is 0 Å². The van der Waals surface area contributed by atoms with Crippen LogP contribution in [0.2, 0.25) is 5.02 Å². The Morgan fingerprint density at radius 3 is 2.48 bits per heavy atom. The fourth-order valence-corrected chi connectivity index (χ4v) is 3.88. The highest BCUT2D eigenvalue weighted by Crippen LogP contribution is 2.40. The molecule has 1 aliphatic carbocycles. The monoisotopic (exact) mass is 332 g/mol. The van der Waals surface area contributed by atoms with Crippen LogP contribution in [0.3, 0.4) is 0 Å². The molecule has 1 saturated heterocycles. The van der Waals surface area contributed by atoms with E-state index < -0.39 is 0 Å². The first kappa shape index (κ1) is 17.0. The minimum Gasteiger partial charge on any atom is -0.314 e. The van der Waals surface area contributed by atoms with E-state index in [9.17, 15) is 4.39 Å². The highest BCUT2D eigenvalue weighted by Gasteiger charge is 2.33. The Labute approximate surface area is 137 Å². The maximum atomic E-state index is 14.4. The number of hydrogen-bond donors (Lipinski definition) is 1. The van der Waals surface area contributed by atoms with E-state index in [1.807, 2.05) is 12.1 Å². The van der Waals surface area contributed by atoms with E-state index in [1.54, 1.807) is 0 Å². The summed E-state index contributed by atoms with van der Waals surface area (Å²) in [6.45, 7) is 4.00. The number of nitrogens with one attached hydrogen (secondary N) is 1. The van der Waals surface area contributed by atoms with Crippen molar-refractivity contribution in [3.8, 4) is 0 Å². The van der Waals surface area contributed by atoms with Gasteiger partial charge in [-0.25, -0.2) is 4.39 Å². The number of rotatable bonds is 3. The van der Waals surface area contributed by atoms with E-state index in [2.05, 4.69) is 10.2 Å². The Balaban J connectivity index is 0.00000161. The third-order valence-electron chi connectivity index (χ3n) is 4.67. The molecule has 1 aromatic carbocycles. The molecule has 0 bridgehead atoms. The SMILES string of the molecule is Cl.Fc1cc(Cl)ccc1[C@H](C1CCCC1)N1CCNCC1. The Morgan fingerprint density at radius 2 is 1.86 bits per heavy atom. The van der Waals surface area contributed by atoms with E-state index in [0.717, 1.165) is 31.7 Å². The second-order valence-electron chi connectivity index (χ2n) is 5.94. The summed E-state index contributed by atoms with van der Waals surface area (Å²) < 4.78 is 14.4. The summed E-state index contributed by atoms with van der Waals surface area (Å²) in [4.78, 5) is 2.46. The average molecular weight is 333 g/mol. The van der Waals surface area contributed by atoms with Crippen LogP contribution in [0, 0.1) is 11.7 Å². The standard InChI is InChI=1S/C16H22ClFN2.ClH/c17-13-5-6-14(15(18)11-13)16(12-3-1-2-4-12)20-9-7-19-8-10-20;/h5-6,11-12,16,19H,1-4,7-10H2;1H/t16-;/m0./s1. The van der Waals surface area contributed by atoms with Gasteiger partial charge >= 0.3 is 0 Å². The van der Waals surface area contributed by atoms with Gasteiger partial charge in [-0.05, 0) is 30.9 Å². The van der Waals surface area contributed by atoms with Crippen LogP contribution in [-0.2, 0) is 0 Å². The molecule has 0 aromatic heterocycles. The van der Waals surface area contributed by atoms with Crippen LogP contribution in [0.1, 0.15) is 37.3 Å². The molecule has 1 aromatic rings. The van der Waals surface area contributed by atoms with E-state index in [1.165, 1.54) is 31.7 Å². The molecule has 1 saturated carbocycles. The largest absolute Gasteiger partial charge is 0.314 e. The summed E-state index contributed by atoms with van der Waals surface area (Å²) in [7, 11) is 0. The summed E-state index contributed by atoms with van der Waals surface area (Å²) in [5.74, 6) is 0.441. The molecule has 21 heavy (non-hydrogen) atoms. The predicted octanol–water partition coefficient (Wildman–Crippen LogP) is 4.04. The van der Waals surface area contributed by atoms with Crippen molar-refractivity contribution in [1.82, 2.24) is 10.2 Å². The predicted molar refractivity (Wildman–Crippen MR) is 87.8 cm³/mol. The zero-order valence-electron chi connectivity index (χ0n) is 12.2. The molecule has 2 aliphatic rings. The molecule has 1 N–H and O–H groups in total. The first-order valence-corrected chi connectivity index (χ1v) is 8.03. The first-order valence-electron chi connectivity index (χ1n) is 7.65.